The topological polar surface area (TPSA) is 29.3 Å². The maximum absolute atomic E-state index is 5.65. The van der Waals surface area contributed by atoms with Crippen LogP contribution >= 0.6 is 0 Å². The zero-order chi connectivity index (χ0) is 18.6. The van der Waals surface area contributed by atoms with Gasteiger partial charge in [-0.05, 0) is 89.7 Å². The van der Waals surface area contributed by atoms with E-state index in [9.17, 15) is 0 Å². The molecule has 140 valence electrons. The third-order valence-corrected chi connectivity index (χ3v) is 5.92. The summed E-state index contributed by atoms with van der Waals surface area (Å²) in [6.07, 6.45) is 4.75. The summed E-state index contributed by atoms with van der Waals surface area (Å²) in [7, 11) is 0. The third-order valence-electron chi connectivity index (χ3n) is 5.92. The molecule has 0 spiro atoms. The SMILES string of the molecule is CCN(CCCN)CCCCc1ccc2ccc3cccc4ccc1c2c34. The van der Waals surface area contributed by atoms with Crippen LogP contribution in [0, 0.1) is 0 Å². The lowest BCUT2D eigenvalue weighted by molar-refractivity contribution is 0.280. The molecule has 0 atom stereocenters. The molecule has 2 heteroatoms. The highest BCUT2D eigenvalue weighted by atomic mass is 15.1. The van der Waals surface area contributed by atoms with Crippen molar-refractivity contribution in [2.24, 2.45) is 5.73 Å². The number of aryl methyl sites for hydroxylation is 1. The summed E-state index contributed by atoms with van der Waals surface area (Å²) in [5, 5.41) is 8.36. The van der Waals surface area contributed by atoms with Gasteiger partial charge in [-0.1, -0.05) is 61.5 Å². The van der Waals surface area contributed by atoms with Crippen LogP contribution in [0.15, 0.2) is 54.6 Å². The molecule has 0 saturated carbocycles. The molecule has 0 aliphatic heterocycles. The van der Waals surface area contributed by atoms with Crippen LogP contribution in [-0.2, 0) is 6.42 Å². The van der Waals surface area contributed by atoms with Crippen LogP contribution in [0.25, 0.3) is 32.3 Å². The van der Waals surface area contributed by atoms with E-state index < -0.39 is 0 Å². The molecule has 0 fully saturated rings. The van der Waals surface area contributed by atoms with Gasteiger partial charge >= 0.3 is 0 Å². The fraction of sp³-hybridized carbons (Fsp3) is 0.360. The Bertz CT molecular complexity index is 1010. The molecular weight excluding hydrogens is 328 g/mol. The standard InChI is InChI=1S/C25H30N2/c1-2-27(18-6-16-26)17-4-3-7-19-10-11-22-13-12-20-8-5-9-21-14-15-23(19)25(22)24(20)21/h5,8-15H,2-4,6-7,16-18,26H2,1H3. The highest BCUT2D eigenvalue weighted by Gasteiger charge is 2.10. The summed E-state index contributed by atoms with van der Waals surface area (Å²) in [5.74, 6) is 0. The van der Waals surface area contributed by atoms with Gasteiger partial charge in [-0.25, -0.2) is 0 Å². The first-order chi connectivity index (χ1) is 13.3. The molecule has 0 radical (unpaired) electrons. The molecule has 4 aromatic carbocycles. The average molecular weight is 359 g/mol. The van der Waals surface area contributed by atoms with Gasteiger partial charge in [0, 0.05) is 0 Å². The summed E-state index contributed by atoms with van der Waals surface area (Å²) in [6, 6.07) is 20.4. The van der Waals surface area contributed by atoms with Gasteiger partial charge in [-0.15, -0.1) is 0 Å². The zero-order valence-electron chi connectivity index (χ0n) is 16.4. The molecule has 0 aliphatic rings. The molecule has 0 amide bonds. The number of unbranched alkanes of at least 4 members (excludes halogenated alkanes) is 1. The normalized spacial score (nSPS) is 12.1. The van der Waals surface area contributed by atoms with Crippen LogP contribution in [-0.4, -0.2) is 31.1 Å². The van der Waals surface area contributed by atoms with Crippen LogP contribution in [0.3, 0.4) is 0 Å². The van der Waals surface area contributed by atoms with E-state index in [2.05, 4.69) is 66.4 Å². The molecule has 0 aliphatic carbocycles. The van der Waals surface area contributed by atoms with Crippen molar-refractivity contribution in [3.63, 3.8) is 0 Å². The second-order valence-corrected chi connectivity index (χ2v) is 7.61. The van der Waals surface area contributed by atoms with Crippen molar-refractivity contribution in [3.8, 4) is 0 Å². The highest BCUT2D eigenvalue weighted by Crippen LogP contribution is 2.36. The first-order valence-electron chi connectivity index (χ1n) is 10.4. The lowest BCUT2D eigenvalue weighted by Crippen LogP contribution is -2.27. The Hall–Kier alpha value is -2.16. The van der Waals surface area contributed by atoms with Gasteiger partial charge in [0.15, 0.2) is 0 Å². The van der Waals surface area contributed by atoms with Crippen LogP contribution < -0.4 is 5.73 Å². The largest absolute Gasteiger partial charge is 0.330 e. The van der Waals surface area contributed by atoms with Crippen molar-refractivity contribution in [3.05, 3.63) is 60.2 Å². The smallest absolute Gasteiger partial charge is 0.000683 e. The van der Waals surface area contributed by atoms with E-state index in [1.54, 1.807) is 0 Å². The Labute approximate surface area is 162 Å². The minimum Gasteiger partial charge on any atom is -0.330 e. The summed E-state index contributed by atoms with van der Waals surface area (Å²) < 4.78 is 0. The van der Waals surface area contributed by atoms with Crippen molar-refractivity contribution >= 4 is 32.3 Å². The molecule has 0 bridgehead atoms. The molecule has 4 rings (SSSR count). The Balaban J connectivity index is 1.54. The summed E-state index contributed by atoms with van der Waals surface area (Å²) in [4.78, 5) is 2.52. The Morgan fingerprint density at radius 3 is 2.15 bits per heavy atom. The first-order valence-corrected chi connectivity index (χ1v) is 10.4. The van der Waals surface area contributed by atoms with E-state index in [4.69, 9.17) is 5.73 Å². The van der Waals surface area contributed by atoms with E-state index >= 15 is 0 Å². The lowest BCUT2D eigenvalue weighted by Gasteiger charge is -2.20. The van der Waals surface area contributed by atoms with Gasteiger partial charge in [-0.3, -0.25) is 0 Å². The molecule has 0 heterocycles. The quantitative estimate of drug-likeness (QED) is 0.313. The zero-order valence-corrected chi connectivity index (χ0v) is 16.4. The van der Waals surface area contributed by atoms with Crippen molar-refractivity contribution < 1.29 is 0 Å². The molecular formula is C25H30N2. The molecule has 4 aromatic rings. The Morgan fingerprint density at radius 2 is 1.41 bits per heavy atom. The van der Waals surface area contributed by atoms with Gasteiger partial charge in [0.1, 0.15) is 0 Å². The van der Waals surface area contributed by atoms with Gasteiger partial charge < -0.3 is 10.6 Å². The van der Waals surface area contributed by atoms with Gasteiger partial charge in [0.25, 0.3) is 0 Å². The molecule has 0 saturated heterocycles. The lowest BCUT2D eigenvalue weighted by atomic mass is 9.90. The molecule has 0 unspecified atom stereocenters. The Morgan fingerprint density at radius 1 is 0.741 bits per heavy atom. The van der Waals surface area contributed by atoms with E-state index in [1.807, 2.05) is 0 Å². The number of nitrogens with two attached hydrogens (primary N) is 1. The predicted octanol–water partition coefficient (Wildman–Crippen LogP) is 5.58. The molecule has 27 heavy (non-hydrogen) atoms. The van der Waals surface area contributed by atoms with Crippen LogP contribution in [0.2, 0.25) is 0 Å². The van der Waals surface area contributed by atoms with E-state index in [1.165, 1.54) is 57.3 Å². The van der Waals surface area contributed by atoms with Crippen molar-refractivity contribution in [1.29, 1.82) is 0 Å². The first kappa shape index (κ1) is 18.2. The van der Waals surface area contributed by atoms with Crippen LogP contribution in [0.1, 0.15) is 31.7 Å². The van der Waals surface area contributed by atoms with Crippen molar-refractivity contribution in [2.45, 2.75) is 32.6 Å². The molecule has 0 aromatic heterocycles. The fourth-order valence-corrected chi connectivity index (χ4v) is 4.41. The number of hydrogen-bond acceptors (Lipinski definition) is 2. The number of nitrogens with zero attached hydrogens (tertiary/aromatic N) is 1. The number of rotatable bonds is 9. The van der Waals surface area contributed by atoms with Crippen molar-refractivity contribution in [2.75, 3.05) is 26.2 Å². The maximum atomic E-state index is 5.65. The van der Waals surface area contributed by atoms with Gasteiger partial charge in [-0.2, -0.15) is 0 Å². The summed E-state index contributed by atoms with van der Waals surface area (Å²) in [6.45, 7) is 6.48. The van der Waals surface area contributed by atoms with Gasteiger partial charge in [0.05, 0.1) is 0 Å². The average Bonchev–Trinajstić information content (AvgIpc) is 2.72. The van der Waals surface area contributed by atoms with Crippen LogP contribution in [0.5, 0.6) is 0 Å². The number of hydrogen-bond donors (Lipinski definition) is 1. The van der Waals surface area contributed by atoms with E-state index in [0.29, 0.717) is 0 Å². The summed E-state index contributed by atoms with van der Waals surface area (Å²) >= 11 is 0. The Kier molecular flexibility index (Phi) is 5.56. The maximum Gasteiger partial charge on any atom is -0.000683 e. The van der Waals surface area contributed by atoms with Crippen molar-refractivity contribution in [1.82, 2.24) is 4.90 Å². The number of benzene rings is 4. The van der Waals surface area contributed by atoms with Gasteiger partial charge in [0.2, 0.25) is 0 Å². The second kappa shape index (κ2) is 8.24. The third kappa shape index (κ3) is 3.65. The van der Waals surface area contributed by atoms with E-state index in [-0.39, 0.29) is 0 Å². The minimum atomic E-state index is 0.791. The minimum absolute atomic E-state index is 0.791. The highest BCUT2D eigenvalue weighted by molar-refractivity contribution is 6.23. The second-order valence-electron chi connectivity index (χ2n) is 7.61. The fourth-order valence-electron chi connectivity index (χ4n) is 4.41. The van der Waals surface area contributed by atoms with Crippen LogP contribution in [0.4, 0.5) is 0 Å². The monoisotopic (exact) mass is 358 g/mol. The predicted molar refractivity (Wildman–Crippen MR) is 119 cm³/mol. The molecule has 2 nitrogen and oxygen atoms in total. The molecule has 2 N–H and O–H groups in total. The van der Waals surface area contributed by atoms with E-state index in [0.717, 1.165) is 32.5 Å². The summed E-state index contributed by atoms with van der Waals surface area (Å²) in [5.41, 5.74) is 7.14.